The Morgan fingerprint density at radius 3 is 2.52 bits per heavy atom. The van der Waals surface area contributed by atoms with Crippen LogP contribution in [0.1, 0.15) is 55.2 Å². The number of hydrogen-bond donors (Lipinski definition) is 1. The van der Waals surface area contributed by atoms with Crippen molar-refractivity contribution in [3.63, 3.8) is 0 Å². The number of hydrogen-bond acceptors (Lipinski definition) is 2. The number of nitrogens with one attached hydrogen (secondary N) is 1. The smallest absolute Gasteiger partial charge is 0.174 e. The molecule has 0 radical (unpaired) electrons. The standard InChI is InChI=1S/C23H23ClN4S/c24-16-10-12-18(13-11-16)28-22(20-9-5-15-27(20)17-6-1-2-7-17)21(26-23(28)29)19-8-3-4-14-25-19/h3-5,8-15,17,21-22H,1-2,6-7H2,(H,26,29)/t21-,22-/m1/s1. The van der Waals surface area contributed by atoms with Crippen LogP contribution in [0, 0.1) is 0 Å². The van der Waals surface area contributed by atoms with E-state index >= 15 is 0 Å². The van der Waals surface area contributed by atoms with E-state index in [0.717, 1.165) is 16.4 Å². The minimum atomic E-state index is -0.0190. The zero-order valence-corrected chi connectivity index (χ0v) is 17.6. The van der Waals surface area contributed by atoms with Crippen LogP contribution in [0.5, 0.6) is 0 Å². The molecule has 1 aliphatic carbocycles. The average Bonchev–Trinajstić information content (AvgIpc) is 3.48. The first-order valence-corrected chi connectivity index (χ1v) is 10.9. The van der Waals surface area contributed by atoms with E-state index in [2.05, 4.69) is 44.2 Å². The van der Waals surface area contributed by atoms with Crippen LogP contribution >= 0.6 is 23.8 Å². The van der Waals surface area contributed by atoms with Crippen molar-refractivity contribution >= 4 is 34.6 Å². The van der Waals surface area contributed by atoms with Crippen LogP contribution in [0.15, 0.2) is 67.0 Å². The van der Waals surface area contributed by atoms with E-state index in [4.69, 9.17) is 23.8 Å². The molecular formula is C23H23ClN4S. The highest BCUT2D eigenvalue weighted by Gasteiger charge is 2.42. The molecule has 2 aliphatic rings. The van der Waals surface area contributed by atoms with Gasteiger partial charge in [0.1, 0.15) is 6.04 Å². The first-order valence-electron chi connectivity index (χ1n) is 10.2. The highest BCUT2D eigenvalue weighted by molar-refractivity contribution is 7.80. The third kappa shape index (κ3) is 3.43. The number of pyridine rings is 1. The van der Waals surface area contributed by atoms with Crippen LogP contribution in [-0.2, 0) is 0 Å². The molecule has 29 heavy (non-hydrogen) atoms. The van der Waals surface area contributed by atoms with Crippen molar-refractivity contribution in [2.45, 2.75) is 43.8 Å². The van der Waals surface area contributed by atoms with E-state index in [1.807, 2.05) is 42.6 Å². The maximum atomic E-state index is 6.15. The molecule has 148 valence electrons. The summed E-state index contributed by atoms with van der Waals surface area (Å²) in [6.45, 7) is 0. The van der Waals surface area contributed by atoms with E-state index in [9.17, 15) is 0 Å². The van der Waals surface area contributed by atoms with Gasteiger partial charge in [0.25, 0.3) is 0 Å². The number of anilines is 1. The van der Waals surface area contributed by atoms with Gasteiger partial charge in [0, 0.05) is 34.8 Å². The highest BCUT2D eigenvalue weighted by atomic mass is 35.5. The topological polar surface area (TPSA) is 33.1 Å². The second-order valence-corrected chi connectivity index (χ2v) is 8.57. The summed E-state index contributed by atoms with van der Waals surface area (Å²) in [7, 11) is 0. The third-order valence-electron chi connectivity index (χ3n) is 6.04. The first kappa shape index (κ1) is 18.6. The molecule has 3 heterocycles. The maximum absolute atomic E-state index is 6.15. The lowest BCUT2D eigenvalue weighted by Gasteiger charge is -2.30. The van der Waals surface area contributed by atoms with Crippen molar-refractivity contribution in [1.29, 1.82) is 0 Å². The van der Waals surface area contributed by atoms with Gasteiger partial charge in [-0.15, -0.1) is 0 Å². The van der Waals surface area contributed by atoms with E-state index in [0.29, 0.717) is 11.2 Å². The van der Waals surface area contributed by atoms with Crippen LogP contribution < -0.4 is 10.2 Å². The van der Waals surface area contributed by atoms with Crippen LogP contribution in [0.3, 0.4) is 0 Å². The lowest BCUT2D eigenvalue weighted by molar-refractivity contribution is 0.461. The molecule has 1 saturated carbocycles. The van der Waals surface area contributed by atoms with Gasteiger partial charge in [-0.1, -0.05) is 30.5 Å². The normalized spacial score (nSPS) is 22.2. The second kappa shape index (κ2) is 7.81. The van der Waals surface area contributed by atoms with Gasteiger partial charge in [-0.2, -0.15) is 0 Å². The minimum Gasteiger partial charge on any atom is -0.351 e. The highest BCUT2D eigenvalue weighted by Crippen LogP contribution is 2.43. The Hall–Kier alpha value is -2.37. The molecule has 0 bridgehead atoms. The Labute approximate surface area is 181 Å². The van der Waals surface area contributed by atoms with Crippen LogP contribution in [0.25, 0.3) is 0 Å². The Morgan fingerprint density at radius 2 is 1.79 bits per heavy atom. The summed E-state index contributed by atoms with van der Waals surface area (Å²) in [5, 5.41) is 4.97. The minimum absolute atomic E-state index is 0.0190. The predicted octanol–water partition coefficient (Wildman–Crippen LogP) is 5.83. The van der Waals surface area contributed by atoms with Gasteiger partial charge in [-0.3, -0.25) is 4.98 Å². The number of rotatable bonds is 4. The van der Waals surface area contributed by atoms with E-state index in [1.165, 1.54) is 31.4 Å². The van der Waals surface area contributed by atoms with Gasteiger partial charge in [0.15, 0.2) is 5.11 Å². The molecular weight excluding hydrogens is 400 g/mol. The molecule has 1 N–H and O–H groups in total. The molecule has 2 atom stereocenters. The average molecular weight is 423 g/mol. The van der Waals surface area contributed by atoms with E-state index in [1.54, 1.807) is 0 Å². The Morgan fingerprint density at radius 1 is 1.00 bits per heavy atom. The summed E-state index contributed by atoms with van der Waals surface area (Å²) >= 11 is 12.0. The molecule has 1 aromatic carbocycles. The summed E-state index contributed by atoms with van der Waals surface area (Å²) in [6, 6.07) is 18.9. The summed E-state index contributed by atoms with van der Waals surface area (Å²) in [4.78, 5) is 6.86. The van der Waals surface area contributed by atoms with Crippen molar-refractivity contribution in [1.82, 2.24) is 14.9 Å². The van der Waals surface area contributed by atoms with Crippen LogP contribution in [0.4, 0.5) is 5.69 Å². The number of thiocarbonyl (C=S) groups is 1. The fourth-order valence-electron chi connectivity index (χ4n) is 4.71. The molecule has 1 saturated heterocycles. The number of benzene rings is 1. The lowest BCUT2D eigenvalue weighted by atomic mass is 10.0. The Kier molecular flexibility index (Phi) is 5.02. The predicted molar refractivity (Wildman–Crippen MR) is 121 cm³/mol. The molecule has 3 aromatic rings. The monoisotopic (exact) mass is 422 g/mol. The number of nitrogens with zero attached hydrogens (tertiary/aromatic N) is 3. The van der Waals surface area contributed by atoms with Crippen molar-refractivity contribution in [2.75, 3.05) is 4.90 Å². The Balaban J connectivity index is 1.62. The number of halogens is 1. The lowest BCUT2D eigenvalue weighted by Crippen LogP contribution is -2.30. The van der Waals surface area contributed by atoms with Gasteiger partial charge >= 0.3 is 0 Å². The quantitative estimate of drug-likeness (QED) is 0.536. The van der Waals surface area contributed by atoms with Gasteiger partial charge in [-0.05, 0) is 73.6 Å². The zero-order chi connectivity index (χ0) is 19.8. The summed E-state index contributed by atoms with van der Waals surface area (Å²) in [6.07, 6.45) is 9.14. The van der Waals surface area contributed by atoms with Crippen molar-refractivity contribution in [3.8, 4) is 0 Å². The van der Waals surface area contributed by atoms with Gasteiger partial charge in [-0.25, -0.2) is 0 Å². The van der Waals surface area contributed by atoms with Crippen LogP contribution in [-0.4, -0.2) is 14.7 Å². The zero-order valence-electron chi connectivity index (χ0n) is 16.0. The van der Waals surface area contributed by atoms with Crippen molar-refractivity contribution in [3.05, 3.63) is 83.4 Å². The first-order chi connectivity index (χ1) is 14.2. The number of aromatic nitrogens is 2. The SMILES string of the molecule is S=C1N[C@H](c2ccccn2)[C@@H](c2cccn2C2CCCC2)N1c1ccc(Cl)cc1. The molecule has 0 unspecified atom stereocenters. The fraction of sp³-hybridized carbons (Fsp3) is 0.304. The molecule has 6 heteroatoms. The van der Waals surface area contributed by atoms with Crippen molar-refractivity contribution in [2.24, 2.45) is 0 Å². The second-order valence-electron chi connectivity index (χ2n) is 7.75. The molecule has 4 nitrogen and oxygen atoms in total. The molecule has 2 aromatic heterocycles. The van der Waals surface area contributed by atoms with Gasteiger partial charge < -0.3 is 14.8 Å². The molecule has 5 rings (SSSR count). The molecule has 1 aliphatic heterocycles. The summed E-state index contributed by atoms with van der Waals surface area (Å²) in [5.74, 6) is 0. The summed E-state index contributed by atoms with van der Waals surface area (Å²) in [5.41, 5.74) is 3.31. The van der Waals surface area contributed by atoms with Gasteiger partial charge in [0.05, 0.1) is 11.7 Å². The van der Waals surface area contributed by atoms with E-state index in [-0.39, 0.29) is 12.1 Å². The molecule has 2 fully saturated rings. The largest absolute Gasteiger partial charge is 0.351 e. The van der Waals surface area contributed by atoms with Crippen molar-refractivity contribution < 1.29 is 0 Å². The summed E-state index contributed by atoms with van der Waals surface area (Å²) < 4.78 is 2.46. The van der Waals surface area contributed by atoms with Crippen LogP contribution in [0.2, 0.25) is 5.02 Å². The van der Waals surface area contributed by atoms with Gasteiger partial charge in [0.2, 0.25) is 0 Å². The molecule has 0 amide bonds. The fourth-order valence-corrected chi connectivity index (χ4v) is 5.18. The third-order valence-corrected chi connectivity index (χ3v) is 6.60. The molecule has 0 spiro atoms. The van der Waals surface area contributed by atoms with E-state index < -0.39 is 0 Å². The Bertz CT molecular complexity index is 995. The maximum Gasteiger partial charge on any atom is 0.174 e.